The molecule has 0 spiro atoms. The highest BCUT2D eigenvalue weighted by Gasteiger charge is 2.33. The largest absolute Gasteiger partial charge is 0.354 e. The normalized spacial score (nSPS) is 13.5. The third kappa shape index (κ3) is 5.47. The number of aromatic nitrogens is 3. The number of carbonyl (C=O) groups excluding carboxylic acids is 2. The molecule has 0 fully saturated rings. The van der Waals surface area contributed by atoms with Gasteiger partial charge in [-0.2, -0.15) is 0 Å². The number of nitrogens with one attached hydrogen (secondary N) is 1. The average Bonchev–Trinajstić information content (AvgIpc) is 3.54. The standard InChI is InChI=1S/C31H35N5O2/c1-21(2)17-18-32-31(38)30(24-13-11-22(3)12-14-24)36(26-16-15-23-7-6-8-25(23)19-26)29(37)20-35-28-10-5-4-9-27(28)33-34-35/h4-5,9-16,19,21,30H,6-8,17-18,20H2,1-3H3,(H,32,38)/t30-/m0/s1. The first-order chi connectivity index (χ1) is 18.4. The third-order valence-corrected chi connectivity index (χ3v) is 7.25. The summed E-state index contributed by atoms with van der Waals surface area (Å²) in [6, 6.07) is 20.8. The Bertz CT molecular complexity index is 1440. The molecule has 2 amide bonds. The van der Waals surface area contributed by atoms with Crippen molar-refractivity contribution in [3.8, 4) is 0 Å². The Labute approximate surface area is 223 Å². The number of hydrogen-bond acceptors (Lipinski definition) is 4. The van der Waals surface area contributed by atoms with Gasteiger partial charge in [0.25, 0.3) is 0 Å². The van der Waals surface area contributed by atoms with E-state index in [-0.39, 0.29) is 18.4 Å². The van der Waals surface area contributed by atoms with Crippen molar-refractivity contribution in [1.82, 2.24) is 20.3 Å². The summed E-state index contributed by atoms with van der Waals surface area (Å²) in [6.07, 6.45) is 4.00. The summed E-state index contributed by atoms with van der Waals surface area (Å²) in [5.41, 5.74) is 6.66. The van der Waals surface area contributed by atoms with Crippen LogP contribution in [0.15, 0.2) is 66.7 Å². The minimum atomic E-state index is -0.815. The number of carbonyl (C=O) groups is 2. The molecule has 0 unspecified atom stereocenters. The summed E-state index contributed by atoms with van der Waals surface area (Å²) in [5, 5.41) is 11.6. The second kappa shape index (κ2) is 11.2. The summed E-state index contributed by atoms with van der Waals surface area (Å²) in [4.78, 5) is 29.7. The van der Waals surface area contributed by atoms with Crippen LogP contribution in [0.5, 0.6) is 0 Å². The Morgan fingerprint density at radius 3 is 2.55 bits per heavy atom. The Balaban J connectivity index is 1.57. The lowest BCUT2D eigenvalue weighted by atomic mass is 10.00. The molecule has 1 heterocycles. The molecule has 1 aromatic heterocycles. The van der Waals surface area contributed by atoms with Crippen LogP contribution in [-0.4, -0.2) is 33.4 Å². The third-order valence-electron chi connectivity index (χ3n) is 7.25. The molecule has 7 heteroatoms. The van der Waals surface area contributed by atoms with Gasteiger partial charge < -0.3 is 5.32 Å². The topological polar surface area (TPSA) is 80.1 Å². The smallest absolute Gasteiger partial charge is 0.249 e. The number of anilines is 1. The molecule has 38 heavy (non-hydrogen) atoms. The van der Waals surface area contributed by atoms with E-state index >= 15 is 0 Å². The van der Waals surface area contributed by atoms with Gasteiger partial charge in [-0.15, -0.1) is 5.10 Å². The van der Waals surface area contributed by atoms with Crippen LogP contribution in [0.3, 0.4) is 0 Å². The minimum Gasteiger partial charge on any atom is -0.354 e. The van der Waals surface area contributed by atoms with E-state index in [1.165, 1.54) is 11.1 Å². The zero-order valence-electron chi connectivity index (χ0n) is 22.4. The maximum absolute atomic E-state index is 14.2. The molecule has 4 aromatic rings. The van der Waals surface area contributed by atoms with Crippen molar-refractivity contribution in [1.29, 1.82) is 0 Å². The van der Waals surface area contributed by atoms with Crippen LogP contribution >= 0.6 is 0 Å². The molecule has 1 aliphatic rings. The number of amides is 2. The first kappa shape index (κ1) is 25.6. The van der Waals surface area contributed by atoms with Crippen molar-refractivity contribution in [2.45, 2.75) is 59.0 Å². The van der Waals surface area contributed by atoms with Crippen molar-refractivity contribution >= 4 is 28.5 Å². The average molecular weight is 510 g/mol. The van der Waals surface area contributed by atoms with Crippen LogP contribution < -0.4 is 10.2 Å². The van der Waals surface area contributed by atoms with Crippen LogP contribution in [0.2, 0.25) is 0 Å². The minimum absolute atomic E-state index is 0.0285. The van der Waals surface area contributed by atoms with Gasteiger partial charge in [0.05, 0.1) is 5.52 Å². The Hall–Kier alpha value is -4.00. The van der Waals surface area contributed by atoms with Crippen molar-refractivity contribution < 1.29 is 9.59 Å². The van der Waals surface area contributed by atoms with Gasteiger partial charge in [0, 0.05) is 12.2 Å². The SMILES string of the molecule is Cc1ccc([C@@H](C(=O)NCCC(C)C)N(C(=O)Cn2nnc3ccccc32)c2ccc3c(c2)CCC3)cc1. The fourth-order valence-electron chi connectivity index (χ4n) is 5.13. The zero-order chi connectivity index (χ0) is 26.6. The molecule has 5 rings (SSSR count). The van der Waals surface area contributed by atoms with Gasteiger partial charge in [-0.05, 0) is 79.5 Å². The van der Waals surface area contributed by atoms with E-state index in [9.17, 15) is 9.59 Å². The van der Waals surface area contributed by atoms with Gasteiger partial charge >= 0.3 is 0 Å². The molecule has 1 N–H and O–H groups in total. The summed E-state index contributed by atoms with van der Waals surface area (Å²) in [5.74, 6) is 0.0538. The number of benzene rings is 3. The quantitative estimate of drug-likeness (QED) is 0.338. The highest BCUT2D eigenvalue weighted by molar-refractivity contribution is 6.01. The highest BCUT2D eigenvalue weighted by atomic mass is 16.2. The lowest BCUT2D eigenvalue weighted by Crippen LogP contribution is -2.45. The predicted molar refractivity (Wildman–Crippen MR) is 150 cm³/mol. The van der Waals surface area contributed by atoms with Crippen LogP contribution in [0.4, 0.5) is 5.69 Å². The number of fused-ring (bicyclic) bond motifs is 2. The van der Waals surface area contributed by atoms with Crippen molar-refractivity contribution in [2.24, 2.45) is 5.92 Å². The zero-order valence-corrected chi connectivity index (χ0v) is 22.4. The summed E-state index contributed by atoms with van der Waals surface area (Å²) < 4.78 is 1.61. The fraction of sp³-hybridized carbons (Fsp3) is 0.355. The second-order valence-electron chi connectivity index (χ2n) is 10.6. The van der Waals surface area contributed by atoms with Crippen LogP contribution in [0.25, 0.3) is 11.0 Å². The second-order valence-corrected chi connectivity index (χ2v) is 10.6. The molecule has 7 nitrogen and oxygen atoms in total. The molecule has 1 atom stereocenters. The molecular formula is C31H35N5O2. The van der Waals surface area contributed by atoms with E-state index in [4.69, 9.17) is 0 Å². The molecule has 3 aromatic carbocycles. The molecular weight excluding hydrogens is 474 g/mol. The van der Waals surface area contributed by atoms with E-state index < -0.39 is 6.04 Å². The van der Waals surface area contributed by atoms with E-state index in [0.29, 0.717) is 12.5 Å². The Morgan fingerprint density at radius 2 is 1.76 bits per heavy atom. The molecule has 0 radical (unpaired) electrons. The molecule has 1 aliphatic carbocycles. The summed E-state index contributed by atoms with van der Waals surface area (Å²) in [7, 11) is 0. The molecule has 0 aliphatic heterocycles. The van der Waals surface area contributed by atoms with E-state index in [1.54, 1.807) is 9.58 Å². The van der Waals surface area contributed by atoms with Crippen molar-refractivity contribution in [2.75, 3.05) is 11.4 Å². The molecule has 196 valence electrons. The van der Waals surface area contributed by atoms with E-state index in [0.717, 1.165) is 53.5 Å². The van der Waals surface area contributed by atoms with Gasteiger partial charge in [0.1, 0.15) is 18.1 Å². The van der Waals surface area contributed by atoms with Gasteiger partial charge in [0.2, 0.25) is 11.8 Å². The first-order valence-corrected chi connectivity index (χ1v) is 13.5. The van der Waals surface area contributed by atoms with E-state index in [1.807, 2.05) is 61.5 Å². The Kier molecular flexibility index (Phi) is 7.54. The van der Waals surface area contributed by atoms with Gasteiger partial charge in [-0.1, -0.05) is 67.1 Å². The van der Waals surface area contributed by atoms with Crippen molar-refractivity contribution in [3.05, 3.63) is 89.0 Å². The fourth-order valence-corrected chi connectivity index (χ4v) is 5.13. The van der Waals surface area contributed by atoms with Gasteiger partial charge in [-0.3, -0.25) is 14.5 Å². The lowest BCUT2D eigenvalue weighted by Gasteiger charge is -2.32. The molecule has 0 bridgehead atoms. The molecule has 0 saturated heterocycles. The highest BCUT2D eigenvalue weighted by Crippen LogP contribution is 2.33. The van der Waals surface area contributed by atoms with Crippen LogP contribution in [0, 0.1) is 12.8 Å². The summed E-state index contributed by atoms with van der Waals surface area (Å²) in [6.45, 7) is 6.80. The van der Waals surface area contributed by atoms with E-state index in [2.05, 4.69) is 41.6 Å². The van der Waals surface area contributed by atoms with Crippen molar-refractivity contribution in [3.63, 3.8) is 0 Å². The predicted octanol–water partition coefficient (Wildman–Crippen LogP) is 5.17. The van der Waals surface area contributed by atoms with Gasteiger partial charge in [-0.25, -0.2) is 4.68 Å². The molecule has 0 saturated carbocycles. The first-order valence-electron chi connectivity index (χ1n) is 13.5. The maximum atomic E-state index is 14.2. The number of para-hydroxylation sites is 1. The Morgan fingerprint density at radius 1 is 1.00 bits per heavy atom. The number of hydrogen-bond donors (Lipinski definition) is 1. The number of rotatable bonds is 9. The summed E-state index contributed by atoms with van der Waals surface area (Å²) >= 11 is 0. The van der Waals surface area contributed by atoms with Gasteiger partial charge in [0.15, 0.2) is 0 Å². The maximum Gasteiger partial charge on any atom is 0.249 e. The van der Waals surface area contributed by atoms with Crippen LogP contribution in [0.1, 0.15) is 55.0 Å². The number of aryl methyl sites for hydroxylation is 3. The monoisotopic (exact) mass is 509 g/mol. The lowest BCUT2D eigenvalue weighted by molar-refractivity contribution is -0.127. The van der Waals surface area contributed by atoms with Crippen LogP contribution in [-0.2, 0) is 29.0 Å². The number of nitrogens with zero attached hydrogens (tertiary/aromatic N) is 4.